The molecule has 0 saturated heterocycles. The molecule has 1 saturated carbocycles. The smallest absolute Gasteiger partial charge is 0.252 e. The van der Waals surface area contributed by atoms with Crippen molar-refractivity contribution in [1.29, 1.82) is 0 Å². The highest BCUT2D eigenvalue weighted by atomic mass is 19.3. The fourth-order valence-electron chi connectivity index (χ4n) is 1.42. The number of carbonyl (C=O) groups is 1. The van der Waals surface area contributed by atoms with Crippen LogP contribution in [0, 0.1) is 5.92 Å². The van der Waals surface area contributed by atoms with E-state index in [9.17, 15) is 13.6 Å². The van der Waals surface area contributed by atoms with Crippen LogP contribution in [-0.4, -0.2) is 17.9 Å². The molecule has 0 aromatic carbocycles. The average molecular weight is 191 g/mol. The van der Waals surface area contributed by atoms with E-state index in [2.05, 4.69) is 5.32 Å². The van der Waals surface area contributed by atoms with Crippen molar-refractivity contribution in [3.63, 3.8) is 0 Å². The summed E-state index contributed by atoms with van der Waals surface area (Å²) in [6.45, 7) is 3.85. The van der Waals surface area contributed by atoms with Crippen LogP contribution < -0.4 is 5.32 Å². The quantitative estimate of drug-likeness (QED) is 0.725. The predicted molar refractivity (Wildman–Crippen MR) is 45.6 cm³/mol. The van der Waals surface area contributed by atoms with Gasteiger partial charge in [0.15, 0.2) is 0 Å². The van der Waals surface area contributed by atoms with Crippen LogP contribution >= 0.6 is 0 Å². The molecule has 2 nitrogen and oxygen atoms in total. The Morgan fingerprint density at radius 1 is 1.54 bits per heavy atom. The lowest BCUT2D eigenvalue weighted by Gasteiger charge is -2.35. The SMILES string of the molecule is CC(C)CC(=O)NC1CC(F)(F)C1. The Labute approximate surface area is 76.7 Å². The maximum Gasteiger partial charge on any atom is 0.252 e. The van der Waals surface area contributed by atoms with Gasteiger partial charge in [-0.1, -0.05) is 13.8 Å². The minimum absolute atomic E-state index is 0.115. The molecule has 1 N–H and O–H groups in total. The minimum Gasteiger partial charge on any atom is -0.353 e. The van der Waals surface area contributed by atoms with Crippen LogP contribution in [0.5, 0.6) is 0 Å². The summed E-state index contributed by atoms with van der Waals surface area (Å²) in [5.74, 6) is -2.38. The summed E-state index contributed by atoms with van der Waals surface area (Å²) in [7, 11) is 0. The third-order valence-corrected chi connectivity index (χ3v) is 2.05. The van der Waals surface area contributed by atoms with Gasteiger partial charge in [0.25, 0.3) is 5.92 Å². The number of rotatable bonds is 3. The van der Waals surface area contributed by atoms with E-state index in [0.29, 0.717) is 6.42 Å². The monoisotopic (exact) mass is 191 g/mol. The Balaban J connectivity index is 2.17. The molecule has 1 aliphatic rings. The molecule has 1 aliphatic carbocycles. The van der Waals surface area contributed by atoms with Gasteiger partial charge in [0.05, 0.1) is 0 Å². The number of halogens is 2. The van der Waals surface area contributed by atoms with E-state index in [1.165, 1.54) is 0 Å². The molecule has 0 aromatic heterocycles. The Morgan fingerprint density at radius 3 is 2.46 bits per heavy atom. The van der Waals surface area contributed by atoms with Crippen molar-refractivity contribution in [3.05, 3.63) is 0 Å². The Bertz CT molecular complexity index is 196. The van der Waals surface area contributed by atoms with E-state index in [-0.39, 0.29) is 30.7 Å². The van der Waals surface area contributed by atoms with Crippen LogP contribution in [0.15, 0.2) is 0 Å². The highest BCUT2D eigenvalue weighted by Gasteiger charge is 2.45. The van der Waals surface area contributed by atoms with Gasteiger partial charge in [-0.25, -0.2) is 8.78 Å². The molecule has 0 bridgehead atoms. The number of alkyl halides is 2. The van der Waals surface area contributed by atoms with E-state index in [1.54, 1.807) is 0 Å². The van der Waals surface area contributed by atoms with Crippen LogP contribution in [0.1, 0.15) is 33.1 Å². The van der Waals surface area contributed by atoms with Gasteiger partial charge < -0.3 is 5.32 Å². The van der Waals surface area contributed by atoms with Crippen LogP contribution in [0.3, 0.4) is 0 Å². The van der Waals surface area contributed by atoms with Crippen LogP contribution in [0.4, 0.5) is 8.78 Å². The van der Waals surface area contributed by atoms with Crippen molar-refractivity contribution in [1.82, 2.24) is 5.32 Å². The molecule has 1 amide bonds. The second-order valence-electron chi connectivity index (χ2n) is 4.13. The summed E-state index contributed by atoms with van der Waals surface area (Å²) in [4.78, 5) is 11.1. The lowest BCUT2D eigenvalue weighted by atomic mass is 9.88. The van der Waals surface area contributed by atoms with Gasteiger partial charge in [0, 0.05) is 25.3 Å². The molecular weight excluding hydrogens is 176 g/mol. The molecule has 0 aliphatic heterocycles. The standard InChI is InChI=1S/C9H15F2NO/c1-6(2)3-8(13)12-7-4-9(10,11)5-7/h6-7H,3-5H2,1-2H3,(H,12,13). The van der Waals surface area contributed by atoms with Gasteiger partial charge in [0.1, 0.15) is 0 Å². The molecule has 0 aromatic rings. The van der Waals surface area contributed by atoms with Gasteiger partial charge in [-0.05, 0) is 5.92 Å². The van der Waals surface area contributed by atoms with Crippen molar-refractivity contribution in [3.8, 4) is 0 Å². The molecule has 1 fully saturated rings. The summed E-state index contributed by atoms with van der Waals surface area (Å²) in [5, 5.41) is 2.58. The minimum atomic E-state index is -2.55. The van der Waals surface area contributed by atoms with E-state index in [4.69, 9.17) is 0 Å². The number of hydrogen-bond acceptors (Lipinski definition) is 1. The lowest BCUT2D eigenvalue weighted by molar-refractivity contribution is -0.129. The summed E-state index contributed by atoms with van der Waals surface area (Å²) >= 11 is 0. The van der Waals surface area contributed by atoms with Gasteiger partial charge in [-0.15, -0.1) is 0 Å². The second-order valence-corrected chi connectivity index (χ2v) is 4.13. The maximum atomic E-state index is 12.3. The van der Waals surface area contributed by atoms with Crippen molar-refractivity contribution in [2.45, 2.75) is 45.1 Å². The summed E-state index contributed by atoms with van der Waals surface area (Å²) < 4.78 is 24.7. The van der Waals surface area contributed by atoms with Crippen molar-refractivity contribution >= 4 is 5.91 Å². The highest BCUT2D eigenvalue weighted by Crippen LogP contribution is 2.37. The van der Waals surface area contributed by atoms with Crippen LogP contribution in [-0.2, 0) is 4.79 Å². The largest absolute Gasteiger partial charge is 0.353 e. The van der Waals surface area contributed by atoms with Crippen LogP contribution in [0.2, 0.25) is 0 Å². The molecule has 0 atom stereocenters. The van der Waals surface area contributed by atoms with Gasteiger partial charge in [-0.2, -0.15) is 0 Å². The zero-order chi connectivity index (χ0) is 10.1. The van der Waals surface area contributed by atoms with E-state index >= 15 is 0 Å². The normalized spacial score (nSPS) is 21.3. The number of hydrogen-bond donors (Lipinski definition) is 1. The first kappa shape index (κ1) is 10.4. The first-order valence-electron chi connectivity index (χ1n) is 4.56. The third kappa shape index (κ3) is 3.28. The number of carbonyl (C=O) groups excluding carboxylic acids is 1. The summed E-state index contributed by atoms with van der Waals surface area (Å²) in [6, 6.07) is -0.304. The number of amides is 1. The zero-order valence-electron chi connectivity index (χ0n) is 7.94. The van der Waals surface area contributed by atoms with E-state index < -0.39 is 5.92 Å². The molecule has 4 heteroatoms. The maximum absolute atomic E-state index is 12.3. The topological polar surface area (TPSA) is 29.1 Å². The van der Waals surface area contributed by atoms with Crippen molar-refractivity contribution in [2.24, 2.45) is 5.92 Å². The van der Waals surface area contributed by atoms with Gasteiger partial charge in [0.2, 0.25) is 5.91 Å². The fraction of sp³-hybridized carbons (Fsp3) is 0.889. The van der Waals surface area contributed by atoms with Crippen molar-refractivity contribution < 1.29 is 13.6 Å². The van der Waals surface area contributed by atoms with E-state index in [0.717, 1.165) is 0 Å². The van der Waals surface area contributed by atoms with E-state index in [1.807, 2.05) is 13.8 Å². The van der Waals surface area contributed by atoms with Gasteiger partial charge in [-0.3, -0.25) is 4.79 Å². The molecule has 0 spiro atoms. The Hall–Kier alpha value is -0.670. The van der Waals surface area contributed by atoms with Crippen molar-refractivity contribution in [2.75, 3.05) is 0 Å². The number of nitrogens with one attached hydrogen (secondary N) is 1. The average Bonchev–Trinajstić information content (AvgIpc) is 1.79. The summed E-state index contributed by atoms with van der Waals surface area (Å²) in [5.41, 5.74) is 0. The molecule has 13 heavy (non-hydrogen) atoms. The molecule has 0 radical (unpaired) electrons. The molecule has 0 heterocycles. The Kier molecular flexibility index (Phi) is 2.88. The molecular formula is C9H15F2NO. The Morgan fingerprint density at radius 2 is 2.08 bits per heavy atom. The third-order valence-electron chi connectivity index (χ3n) is 2.05. The first-order chi connectivity index (χ1) is 5.89. The highest BCUT2D eigenvalue weighted by molar-refractivity contribution is 5.76. The fourth-order valence-corrected chi connectivity index (χ4v) is 1.42. The van der Waals surface area contributed by atoms with Gasteiger partial charge >= 0.3 is 0 Å². The summed E-state index contributed by atoms with van der Waals surface area (Å²) in [6.07, 6.45) is 0.0236. The zero-order valence-corrected chi connectivity index (χ0v) is 7.94. The van der Waals surface area contributed by atoms with Crippen LogP contribution in [0.25, 0.3) is 0 Å². The molecule has 0 unspecified atom stereocenters. The second kappa shape index (κ2) is 3.60. The molecule has 1 rings (SSSR count). The molecule has 76 valence electrons. The lowest BCUT2D eigenvalue weighted by Crippen LogP contribution is -2.50. The predicted octanol–water partition coefficient (Wildman–Crippen LogP) is 1.95. The first-order valence-corrected chi connectivity index (χ1v) is 4.56.